The molecule has 28 heavy (non-hydrogen) atoms. The van der Waals surface area contributed by atoms with Crippen LogP contribution in [0.2, 0.25) is 5.02 Å². The first-order valence-corrected chi connectivity index (χ1v) is 10.5. The van der Waals surface area contributed by atoms with Crippen molar-refractivity contribution in [2.75, 3.05) is 6.54 Å². The molecule has 2 aromatic heterocycles. The number of aliphatic hydroxyl groups excluding tert-OH is 1. The fourth-order valence-corrected chi connectivity index (χ4v) is 4.93. The van der Waals surface area contributed by atoms with Gasteiger partial charge in [-0.2, -0.15) is 0 Å². The van der Waals surface area contributed by atoms with Crippen LogP contribution in [0.4, 0.5) is 0 Å². The smallest absolute Gasteiger partial charge is 0.261 e. The number of hydrogen-bond acceptors (Lipinski definition) is 5. The number of aromatic nitrogens is 1. The van der Waals surface area contributed by atoms with Gasteiger partial charge in [-0.1, -0.05) is 18.5 Å². The molecule has 1 aliphatic heterocycles. The van der Waals surface area contributed by atoms with E-state index in [9.17, 15) is 9.90 Å². The summed E-state index contributed by atoms with van der Waals surface area (Å²) < 4.78 is 7.11. The van der Waals surface area contributed by atoms with E-state index >= 15 is 0 Å². The number of thiophene rings is 1. The van der Waals surface area contributed by atoms with Crippen molar-refractivity contribution in [2.45, 2.75) is 38.9 Å². The molecule has 3 aromatic rings. The molecular weight excluding hydrogens is 396 g/mol. The summed E-state index contributed by atoms with van der Waals surface area (Å²) in [6.07, 6.45) is 2.01. The predicted octanol–water partition coefficient (Wildman–Crippen LogP) is 4.64. The van der Waals surface area contributed by atoms with E-state index in [2.05, 4.69) is 10.3 Å². The van der Waals surface area contributed by atoms with Crippen molar-refractivity contribution < 1.29 is 14.6 Å². The number of amides is 1. The second-order valence-electron chi connectivity index (χ2n) is 6.93. The van der Waals surface area contributed by atoms with Gasteiger partial charge in [0.15, 0.2) is 6.10 Å². The number of rotatable bonds is 5. The standard InChI is InChI=1S/C21H21ClN2O3S/c1-3-16(25)18-10-15-20(28-18)13(4-6-23-15)14-9-12(22)8-11(2)19(14)27-17-5-7-24-21(17)26/h4,6,8-10,16-17,25H,3,5,7H2,1-2H3,(H,24,26). The topological polar surface area (TPSA) is 71.5 Å². The van der Waals surface area contributed by atoms with Crippen LogP contribution >= 0.6 is 22.9 Å². The Morgan fingerprint density at radius 3 is 2.93 bits per heavy atom. The monoisotopic (exact) mass is 416 g/mol. The lowest BCUT2D eigenvalue weighted by molar-refractivity contribution is -0.124. The fraction of sp³-hybridized carbons (Fsp3) is 0.333. The minimum absolute atomic E-state index is 0.0929. The summed E-state index contributed by atoms with van der Waals surface area (Å²) in [6, 6.07) is 7.56. The van der Waals surface area contributed by atoms with Gasteiger partial charge >= 0.3 is 0 Å². The van der Waals surface area contributed by atoms with Gasteiger partial charge in [-0.05, 0) is 43.2 Å². The number of pyridine rings is 1. The third-order valence-electron chi connectivity index (χ3n) is 4.93. The first-order chi connectivity index (χ1) is 13.5. The molecule has 1 aliphatic rings. The van der Waals surface area contributed by atoms with Gasteiger partial charge in [0.25, 0.3) is 5.91 Å². The lowest BCUT2D eigenvalue weighted by Gasteiger charge is -2.18. The summed E-state index contributed by atoms with van der Waals surface area (Å²) in [5.74, 6) is 0.564. The summed E-state index contributed by atoms with van der Waals surface area (Å²) in [6.45, 7) is 4.49. The Labute approximate surface area is 172 Å². The average Bonchev–Trinajstić information content (AvgIpc) is 3.29. The Bertz CT molecular complexity index is 1050. The van der Waals surface area contributed by atoms with Crippen LogP contribution in [-0.2, 0) is 4.79 Å². The SMILES string of the molecule is CCC(O)c1cc2nccc(-c3cc(Cl)cc(C)c3OC3CCNC3=O)c2s1. The Morgan fingerprint density at radius 2 is 2.21 bits per heavy atom. The quantitative estimate of drug-likeness (QED) is 0.635. The molecule has 2 unspecified atom stereocenters. The van der Waals surface area contributed by atoms with Crippen molar-refractivity contribution in [3.63, 3.8) is 0 Å². The van der Waals surface area contributed by atoms with Crippen molar-refractivity contribution in [1.82, 2.24) is 10.3 Å². The van der Waals surface area contributed by atoms with Crippen LogP contribution in [0, 0.1) is 6.92 Å². The van der Waals surface area contributed by atoms with E-state index in [1.807, 2.05) is 38.1 Å². The molecule has 1 aromatic carbocycles. The van der Waals surface area contributed by atoms with Gasteiger partial charge in [-0.3, -0.25) is 9.78 Å². The Hall–Kier alpha value is -2.15. The third-order valence-corrected chi connectivity index (χ3v) is 6.41. The van der Waals surface area contributed by atoms with Gasteiger partial charge < -0.3 is 15.2 Å². The predicted molar refractivity (Wildman–Crippen MR) is 112 cm³/mol. The maximum atomic E-state index is 12.0. The van der Waals surface area contributed by atoms with Crippen molar-refractivity contribution in [2.24, 2.45) is 0 Å². The molecule has 0 saturated carbocycles. The molecule has 1 amide bonds. The average molecular weight is 417 g/mol. The minimum Gasteiger partial charge on any atom is -0.480 e. The van der Waals surface area contributed by atoms with Gasteiger partial charge in [0.05, 0.1) is 16.3 Å². The van der Waals surface area contributed by atoms with Crippen LogP contribution in [0.15, 0.2) is 30.5 Å². The van der Waals surface area contributed by atoms with E-state index in [0.29, 0.717) is 30.2 Å². The number of aryl methyl sites for hydroxylation is 1. The number of carbonyl (C=O) groups excluding carboxylic acids is 1. The zero-order chi connectivity index (χ0) is 19.8. The van der Waals surface area contributed by atoms with Gasteiger partial charge in [0.1, 0.15) is 5.75 Å². The zero-order valence-corrected chi connectivity index (χ0v) is 17.2. The molecule has 7 heteroatoms. The van der Waals surface area contributed by atoms with E-state index in [-0.39, 0.29) is 5.91 Å². The summed E-state index contributed by atoms with van der Waals surface area (Å²) in [4.78, 5) is 17.4. The fourth-order valence-electron chi connectivity index (χ4n) is 3.45. The van der Waals surface area contributed by atoms with Crippen LogP contribution in [-0.4, -0.2) is 28.6 Å². The van der Waals surface area contributed by atoms with E-state index < -0.39 is 12.2 Å². The van der Waals surface area contributed by atoms with Crippen LogP contribution in [0.3, 0.4) is 0 Å². The maximum Gasteiger partial charge on any atom is 0.261 e. The van der Waals surface area contributed by atoms with Crippen molar-refractivity contribution in [1.29, 1.82) is 0 Å². The van der Waals surface area contributed by atoms with Crippen molar-refractivity contribution in [3.05, 3.63) is 45.9 Å². The molecule has 2 atom stereocenters. The number of halogens is 1. The Morgan fingerprint density at radius 1 is 1.39 bits per heavy atom. The van der Waals surface area contributed by atoms with Crippen LogP contribution in [0.5, 0.6) is 5.75 Å². The van der Waals surface area contributed by atoms with E-state index in [1.54, 1.807) is 6.20 Å². The summed E-state index contributed by atoms with van der Waals surface area (Å²) >= 11 is 7.88. The highest BCUT2D eigenvalue weighted by molar-refractivity contribution is 7.19. The molecule has 5 nitrogen and oxygen atoms in total. The number of nitrogens with one attached hydrogen (secondary N) is 1. The van der Waals surface area contributed by atoms with E-state index in [4.69, 9.17) is 16.3 Å². The maximum absolute atomic E-state index is 12.0. The molecule has 0 spiro atoms. The molecule has 1 fully saturated rings. The van der Waals surface area contributed by atoms with Crippen LogP contribution in [0.1, 0.15) is 36.3 Å². The lowest BCUT2D eigenvalue weighted by Crippen LogP contribution is -2.28. The Balaban J connectivity index is 1.86. The van der Waals surface area contributed by atoms with Gasteiger partial charge in [0, 0.05) is 40.2 Å². The molecule has 2 N–H and O–H groups in total. The van der Waals surface area contributed by atoms with Crippen molar-refractivity contribution >= 4 is 39.1 Å². The highest BCUT2D eigenvalue weighted by Gasteiger charge is 2.28. The summed E-state index contributed by atoms with van der Waals surface area (Å²) in [5.41, 5.74) is 3.46. The largest absolute Gasteiger partial charge is 0.480 e. The number of hydrogen-bond donors (Lipinski definition) is 2. The summed E-state index contributed by atoms with van der Waals surface area (Å²) in [7, 11) is 0. The third kappa shape index (κ3) is 3.48. The van der Waals surface area contributed by atoms with Gasteiger partial charge in [-0.25, -0.2) is 0 Å². The van der Waals surface area contributed by atoms with Crippen molar-refractivity contribution in [3.8, 4) is 16.9 Å². The van der Waals surface area contributed by atoms with Gasteiger partial charge in [-0.15, -0.1) is 11.3 Å². The second kappa shape index (κ2) is 7.70. The second-order valence-corrected chi connectivity index (χ2v) is 8.45. The number of nitrogens with zero attached hydrogens (tertiary/aromatic N) is 1. The zero-order valence-electron chi connectivity index (χ0n) is 15.7. The molecule has 0 aliphatic carbocycles. The minimum atomic E-state index is -0.508. The van der Waals surface area contributed by atoms with E-state index in [0.717, 1.165) is 31.8 Å². The van der Waals surface area contributed by atoms with Gasteiger partial charge in [0.2, 0.25) is 0 Å². The highest BCUT2D eigenvalue weighted by Crippen LogP contribution is 2.42. The molecule has 1 saturated heterocycles. The number of ether oxygens (including phenoxy) is 1. The Kier molecular flexibility index (Phi) is 5.27. The summed E-state index contributed by atoms with van der Waals surface area (Å²) in [5, 5.41) is 13.7. The highest BCUT2D eigenvalue weighted by atomic mass is 35.5. The van der Waals surface area contributed by atoms with Crippen LogP contribution < -0.4 is 10.1 Å². The number of aliphatic hydroxyl groups is 1. The molecule has 4 rings (SSSR count). The first kappa shape index (κ1) is 19.2. The van der Waals surface area contributed by atoms with E-state index in [1.165, 1.54) is 11.3 Å². The molecule has 0 radical (unpaired) electrons. The normalized spacial score (nSPS) is 17.7. The molecular formula is C21H21ClN2O3S. The number of benzene rings is 1. The molecule has 3 heterocycles. The molecule has 0 bridgehead atoms. The van der Waals surface area contributed by atoms with Crippen LogP contribution in [0.25, 0.3) is 21.3 Å². The first-order valence-electron chi connectivity index (χ1n) is 9.29. The number of carbonyl (C=O) groups is 1. The molecule has 146 valence electrons. The number of fused-ring (bicyclic) bond motifs is 1. The lowest BCUT2D eigenvalue weighted by atomic mass is 10.0.